The van der Waals surface area contributed by atoms with Gasteiger partial charge in [0.25, 0.3) is 8.32 Å². The van der Waals surface area contributed by atoms with Crippen LogP contribution in [0, 0.1) is 0 Å². The number of benzene rings is 2. The van der Waals surface area contributed by atoms with Gasteiger partial charge in [-0.1, -0.05) is 81.4 Å². The molecule has 1 fully saturated rings. The number of rotatable bonds is 7. The van der Waals surface area contributed by atoms with Gasteiger partial charge in [0.2, 0.25) is 0 Å². The van der Waals surface area contributed by atoms with Crippen molar-refractivity contribution in [3.63, 3.8) is 0 Å². The molecular weight excluding hydrogens is 392 g/mol. The quantitative estimate of drug-likeness (QED) is 0.681. The van der Waals surface area contributed by atoms with Crippen LogP contribution >= 0.6 is 0 Å². The molecule has 0 bridgehead atoms. The van der Waals surface area contributed by atoms with Gasteiger partial charge in [-0.3, -0.25) is 0 Å². The Kier molecular flexibility index (Phi) is 6.90. The van der Waals surface area contributed by atoms with E-state index < -0.39 is 20.2 Å². The number of hydrogen-bond donors (Lipinski definition) is 1. The Balaban J connectivity index is 2.13. The molecule has 0 aliphatic carbocycles. The topological polar surface area (TPSA) is 47.9 Å². The number of ether oxygens (including phenoxy) is 2. The Labute approximate surface area is 182 Å². The lowest BCUT2D eigenvalue weighted by Gasteiger charge is -2.46. The van der Waals surface area contributed by atoms with Crippen LogP contribution in [-0.4, -0.2) is 44.1 Å². The molecule has 3 rings (SSSR count). The van der Waals surface area contributed by atoms with Crippen molar-refractivity contribution in [3.8, 4) is 0 Å². The van der Waals surface area contributed by atoms with E-state index in [9.17, 15) is 5.11 Å². The molecule has 1 N–H and O–H groups in total. The van der Waals surface area contributed by atoms with E-state index in [1.807, 2.05) is 32.9 Å². The van der Waals surface area contributed by atoms with E-state index in [1.165, 1.54) is 10.4 Å². The lowest BCUT2D eigenvalue weighted by Crippen LogP contribution is -2.68. The van der Waals surface area contributed by atoms with Crippen molar-refractivity contribution in [1.29, 1.82) is 0 Å². The van der Waals surface area contributed by atoms with Crippen molar-refractivity contribution in [2.45, 2.75) is 77.1 Å². The Bertz CT molecular complexity index is 759. The first-order chi connectivity index (χ1) is 14.1. The molecule has 1 saturated heterocycles. The van der Waals surface area contributed by atoms with Gasteiger partial charge in [0.05, 0.1) is 18.8 Å². The fourth-order valence-corrected chi connectivity index (χ4v) is 9.15. The highest BCUT2D eigenvalue weighted by Gasteiger charge is 2.53. The van der Waals surface area contributed by atoms with Gasteiger partial charge < -0.3 is 19.0 Å². The number of hydrogen-bond acceptors (Lipinski definition) is 4. The summed E-state index contributed by atoms with van der Waals surface area (Å²) in [7, 11) is -2.74. The molecule has 1 aliphatic rings. The molecule has 1 unspecified atom stereocenters. The maximum atomic E-state index is 10.3. The standard InChI is InChI=1S/C25H36O4Si/c1-19(26)17-22(23-18-27-25(5,6)28-23)29-30(24(2,3)4,20-13-9-7-10-14-20)21-15-11-8-12-16-21/h7-16,19,22-23,26H,17-18H2,1-6H3/t19?,22-,23+/m0/s1. The van der Waals surface area contributed by atoms with Gasteiger partial charge in [-0.05, 0) is 36.2 Å². The second kappa shape index (κ2) is 8.93. The maximum absolute atomic E-state index is 10.3. The molecule has 1 aliphatic heterocycles. The lowest BCUT2D eigenvalue weighted by molar-refractivity contribution is -0.151. The Morgan fingerprint density at radius 3 is 1.90 bits per heavy atom. The monoisotopic (exact) mass is 428 g/mol. The summed E-state index contributed by atoms with van der Waals surface area (Å²) in [5.41, 5.74) is 0. The van der Waals surface area contributed by atoms with Gasteiger partial charge in [-0.25, -0.2) is 0 Å². The van der Waals surface area contributed by atoms with Crippen molar-refractivity contribution >= 4 is 18.7 Å². The van der Waals surface area contributed by atoms with E-state index in [4.69, 9.17) is 13.9 Å². The third-order valence-corrected chi connectivity index (χ3v) is 10.8. The van der Waals surface area contributed by atoms with E-state index in [1.54, 1.807) is 0 Å². The van der Waals surface area contributed by atoms with Crippen molar-refractivity contribution in [1.82, 2.24) is 0 Å². The molecule has 2 aromatic rings. The van der Waals surface area contributed by atoms with E-state index in [0.29, 0.717) is 13.0 Å². The zero-order valence-corrected chi connectivity index (χ0v) is 20.1. The highest BCUT2D eigenvalue weighted by Crippen LogP contribution is 2.39. The minimum Gasteiger partial charge on any atom is -0.402 e. The third-order valence-electron chi connectivity index (χ3n) is 5.76. The zero-order valence-electron chi connectivity index (χ0n) is 19.1. The highest BCUT2D eigenvalue weighted by molar-refractivity contribution is 6.99. The summed E-state index contributed by atoms with van der Waals surface area (Å²) in [6.07, 6.45) is -0.510. The fourth-order valence-electron chi connectivity index (χ4n) is 4.43. The van der Waals surface area contributed by atoms with E-state index in [0.717, 1.165) is 0 Å². The van der Waals surface area contributed by atoms with Gasteiger partial charge in [-0.2, -0.15) is 0 Å². The summed E-state index contributed by atoms with van der Waals surface area (Å²) in [5.74, 6) is -0.642. The average molecular weight is 429 g/mol. The molecule has 0 amide bonds. The Morgan fingerprint density at radius 2 is 1.53 bits per heavy atom. The molecule has 5 heteroatoms. The SMILES string of the molecule is CC(O)C[C@H](O[Si](c1ccccc1)(c1ccccc1)C(C)(C)C)[C@H]1COC(C)(C)O1. The van der Waals surface area contributed by atoms with Crippen LogP contribution in [-0.2, 0) is 13.9 Å². The fraction of sp³-hybridized carbons (Fsp3) is 0.520. The smallest absolute Gasteiger partial charge is 0.261 e. The van der Waals surface area contributed by atoms with E-state index in [-0.39, 0.29) is 17.2 Å². The molecule has 1 heterocycles. The van der Waals surface area contributed by atoms with Crippen LogP contribution in [0.1, 0.15) is 48.0 Å². The van der Waals surface area contributed by atoms with Crippen LogP contribution in [0.5, 0.6) is 0 Å². The van der Waals surface area contributed by atoms with Crippen molar-refractivity contribution < 1.29 is 19.0 Å². The van der Waals surface area contributed by atoms with Crippen LogP contribution in [0.25, 0.3) is 0 Å². The molecule has 164 valence electrons. The summed E-state index contributed by atoms with van der Waals surface area (Å²) < 4.78 is 19.3. The summed E-state index contributed by atoms with van der Waals surface area (Å²) in [5, 5.41) is 12.6. The van der Waals surface area contributed by atoms with E-state index >= 15 is 0 Å². The molecule has 30 heavy (non-hydrogen) atoms. The van der Waals surface area contributed by atoms with Crippen LogP contribution in [0.4, 0.5) is 0 Å². The lowest BCUT2D eigenvalue weighted by atomic mass is 10.1. The summed E-state index contributed by atoms with van der Waals surface area (Å²) in [4.78, 5) is 0. The largest absolute Gasteiger partial charge is 0.402 e. The summed E-state index contributed by atoms with van der Waals surface area (Å²) in [6, 6.07) is 21.1. The van der Waals surface area contributed by atoms with Crippen LogP contribution in [0.2, 0.25) is 5.04 Å². The molecule has 3 atom stereocenters. The van der Waals surface area contributed by atoms with E-state index in [2.05, 4.69) is 69.3 Å². The van der Waals surface area contributed by atoms with Gasteiger partial charge in [0.1, 0.15) is 6.10 Å². The minimum atomic E-state index is -2.74. The normalized spacial score (nSPS) is 21.4. The first-order valence-electron chi connectivity index (χ1n) is 10.8. The highest BCUT2D eigenvalue weighted by atomic mass is 28.4. The van der Waals surface area contributed by atoms with Crippen LogP contribution in [0.3, 0.4) is 0 Å². The first kappa shape index (κ1) is 23.2. The molecule has 0 saturated carbocycles. The number of aliphatic hydroxyl groups is 1. The molecule has 0 spiro atoms. The molecule has 0 radical (unpaired) electrons. The van der Waals surface area contributed by atoms with Crippen LogP contribution in [0.15, 0.2) is 60.7 Å². The second-order valence-corrected chi connectivity index (χ2v) is 14.0. The second-order valence-electron chi connectivity index (χ2n) is 9.77. The van der Waals surface area contributed by atoms with Crippen molar-refractivity contribution in [2.75, 3.05) is 6.61 Å². The predicted octanol–water partition coefficient (Wildman–Crippen LogP) is 3.85. The third kappa shape index (κ3) is 4.87. The average Bonchev–Trinajstić information content (AvgIpc) is 3.05. The van der Waals surface area contributed by atoms with Gasteiger partial charge in [0, 0.05) is 6.42 Å². The van der Waals surface area contributed by atoms with Crippen molar-refractivity contribution in [2.24, 2.45) is 0 Å². The molecule has 2 aromatic carbocycles. The van der Waals surface area contributed by atoms with Gasteiger partial charge in [-0.15, -0.1) is 0 Å². The van der Waals surface area contributed by atoms with Gasteiger partial charge in [0.15, 0.2) is 5.79 Å². The Hall–Kier alpha value is -1.50. The summed E-state index contributed by atoms with van der Waals surface area (Å²) in [6.45, 7) is 12.9. The molecule has 0 aromatic heterocycles. The van der Waals surface area contributed by atoms with Gasteiger partial charge >= 0.3 is 0 Å². The maximum Gasteiger partial charge on any atom is 0.261 e. The van der Waals surface area contributed by atoms with Crippen LogP contribution < -0.4 is 10.4 Å². The molecule has 4 nitrogen and oxygen atoms in total. The van der Waals surface area contributed by atoms with Crippen molar-refractivity contribution in [3.05, 3.63) is 60.7 Å². The summed E-state index contributed by atoms with van der Waals surface area (Å²) >= 11 is 0. The Morgan fingerprint density at radius 1 is 1.03 bits per heavy atom. The minimum absolute atomic E-state index is 0.137. The zero-order chi connectivity index (χ0) is 22.0. The first-order valence-corrected chi connectivity index (χ1v) is 12.7. The number of aliphatic hydroxyl groups excluding tert-OH is 1. The predicted molar refractivity (Wildman–Crippen MR) is 124 cm³/mol. The molecular formula is C25H36O4Si.